The Bertz CT molecular complexity index is 840. The van der Waals surface area contributed by atoms with E-state index in [-0.39, 0.29) is 23.8 Å². The molecule has 1 N–H and O–H groups in total. The molecule has 4 heterocycles. The molecule has 5 rings (SSSR count). The fourth-order valence-electron chi connectivity index (χ4n) is 5.30. The normalized spacial score (nSPS) is 31.5. The molecule has 2 amide bonds. The monoisotopic (exact) mass is 427 g/mol. The molecule has 164 valence electrons. The summed E-state index contributed by atoms with van der Waals surface area (Å²) in [6.07, 6.45) is 0.0773. The van der Waals surface area contributed by atoms with Gasteiger partial charge in [0.25, 0.3) is 5.95 Å². The number of carbonyl (C=O) groups is 2. The fraction of sp³-hybridized carbons (Fsp3) is 0.789. The van der Waals surface area contributed by atoms with Crippen molar-refractivity contribution in [2.75, 3.05) is 24.5 Å². The Hall–Kier alpha value is -2.33. The molecular formula is C19H24F3N5O3. The summed E-state index contributed by atoms with van der Waals surface area (Å²) >= 11 is 0. The first-order valence-electron chi connectivity index (χ1n) is 10.5. The van der Waals surface area contributed by atoms with Crippen LogP contribution in [-0.2, 0) is 9.59 Å². The number of halogens is 3. The van der Waals surface area contributed by atoms with Crippen LogP contribution in [0.1, 0.15) is 50.3 Å². The van der Waals surface area contributed by atoms with Crippen LogP contribution in [0, 0.1) is 11.8 Å². The summed E-state index contributed by atoms with van der Waals surface area (Å²) < 4.78 is 43.4. The average Bonchev–Trinajstić information content (AvgIpc) is 3.43. The van der Waals surface area contributed by atoms with Gasteiger partial charge in [-0.1, -0.05) is 0 Å². The second kappa shape index (κ2) is 7.12. The zero-order chi connectivity index (χ0) is 21.0. The number of amides is 2. The van der Waals surface area contributed by atoms with Crippen molar-refractivity contribution in [2.24, 2.45) is 11.8 Å². The highest BCUT2D eigenvalue weighted by atomic mass is 19.4. The van der Waals surface area contributed by atoms with Crippen LogP contribution >= 0.6 is 0 Å². The van der Waals surface area contributed by atoms with Gasteiger partial charge in [0.2, 0.25) is 17.7 Å². The molecule has 3 saturated heterocycles. The molecule has 1 aliphatic carbocycles. The molecule has 11 heteroatoms. The molecule has 3 aliphatic heterocycles. The second-order valence-electron chi connectivity index (χ2n) is 8.91. The Balaban J connectivity index is 1.40. The van der Waals surface area contributed by atoms with Crippen molar-refractivity contribution >= 4 is 17.8 Å². The summed E-state index contributed by atoms with van der Waals surface area (Å²) in [6.45, 7) is -0.350. The number of rotatable bonds is 4. The molecule has 1 aromatic rings. The van der Waals surface area contributed by atoms with Crippen LogP contribution in [0.3, 0.4) is 0 Å². The molecule has 0 aromatic carbocycles. The van der Waals surface area contributed by atoms with Crippen molar-refractivity contribution in [1.29, 1.82) is 0 Å². The quantitative estimate of drug-likeness (QED) is 0.789. The first-order chi connectivity index (χ1) is 14.3. The predicted molar refractivity (Wildman–Crippen MR) is 97.4 cm³/mol. The molecule has 2 bridgehead atoms. The maximum atomic E-state index is 12.8. The lowest BCUT2D eigenvalue weighted by Gasteiger charge is -2.55. The van der Waals surface area contributed by atoms with Crippen LogP contribution in [0.25, 0.3) is 0 Å². The number of piperidine rings is 3. The highest BCUT2D eigenvalue weighted by molar-refractivity contribution is 5.89. The maximum absolute atomic E-state index is 12.8. The maximum Gasteiger partial charge on any atom is 0.405 e. The Morgan fingerprint density at radius 3 is 2.70 bits per heavy atom. The minimum absolute atomic E-state index is 0.127. The molecule has 0 radical (unpaired) electrons. The second-order valence-corrected chi connectivity index (χ2v) is 8.91. The van der Waals surface area contributed by atoms with Gasteiger partial charge in [-0.25, -0.2) is 0 Å². The number of hydrogen-bond acceptors (Lipinski definition) is 6. The van der Waals surface area contributed by atoms with Crippen molar-refractivity contribution in [3.8, 4) is 0 Å². The van der Waals surface area contributed by atoms with Crippen LogP contribution in [0.5, 0.6) is 0 Å². The number of nitrogens with one attached hydrogen (secondary N) is 1. The van der Waals surface area contributed by atoms with Crippen LogP contribution in [-0.4, -0.2) is 64.7 Å². The van der Waals surface area contributed by atoms with Gasteiger partial charge in [0.15, 0.2) is 0 Å². The Kier molecular flexibility index (Phi) is 4.66. The summed E-state index contributed by atoms with van der Waals surface area (Å²) in [5.74, 6) is 0.386. The van der Waals surface area contributed by atoms with Gasteiger partial charge in [-0.15, -0.1) is 0 Å². The minimum Gasteiger partial charge on any atom is -0.345 e. The summed E-state index contributed by atoms with van der Waals surface area (Å²) in [5.41, 5.74) is 0. The first-order valence-corrected chi connectivity index (χ1v) is 10.5. The lowest BCUT2D eigenvalue weighted by molar-refractivity contribution is -0.159. The smallest absolute Gasteiger partial charge is 0.345 e. The van der Waals surface area contributed by atoms with Crippen molar-refractivity contribution in [3.05, 3.63) is 5.89 Å². The standard InChI is InChI=1S/C19H24F3N5O3/c20-19(21,22)9-23-16(29)15-12-6-11(13-2-1-3-14(28)27(13)15)7-26(8-12)18-24-17(30-25-18)10-4-5-10/h10-13,15H,1-9H2,(H,23,29)/t11-,12+,13-,15+/m0/s1. The van der Waals surface area contributed by atoms with Crippen molar-refractivity contribution in [3.63, 3.8) is 0 Å². The van der Waals surface area contributed by atoms with Gasteiger partial charge in [-0.05, 0) is 43.2 Å². The Morgan fingerprint density at radius 1 is 1.20 bits per heavy atom. The van der Waals surface area contributed by atoms with E-state index in [1.54, 1.807) is 4.90 Å². The third-order valence-electron chi connectivity index (χ3n) is 6.71. The summed E-state index contributed by atoms with van der Waals surface area (Å²) in [7, 11) is 0. The molecule has 0 unspecified atom stereocenters. The summed E-state index contributed by atoms with van der Waals surface area (Å²) in [6, 6.07) is -1.05. The summed E-state index contributed by atoms with van der Waals surface area (Å²) in [4.78, 5) is 33.5. The van der Waals surface area contributed by atoms with Gasteiger partial charge in [0.05, 0.1) is 0 Å². The topological polar surface area (TPSA) is 91.6 Å². The molecule has 30 heavy (non-hydrogen) atoms. The highest BCUT2D eigenvalue weighted by Crippen LogP contribution is 2.43. The molecule has 8 nitrogen and oxygen atoms in total. The molecule has 4 fully saturated rings. The zero-order valence-electron chi connectivity index (χ0n) is 16.4. The third kappa shape index (κ3) is 3.62. The van der Waals surface area contributed by atoms with Crippen LogP contribution in [0.4, 0.5) is 19.1 Å². The van der Waals surface area contributed by atoms with E-state index in [1.165, 1.54) is 0 Å². The van der Waals surface area contributed by atoms with Crippen LogP contribution in [0.15, 0.2) is 4.52 Å². The number of alkyl halides is 3. The number of fused-ring (bicyclic) bond motifs is 4. The lowest BCUT2D eigenvalue weighted by Crippen LogP contribution is -2.68. The molecule has 4 atom stereocenters. The van der Waals surface area contributed by atoms with Gasteiger partial charge < -0.3 is 19.6 Å². The van der Waals surface area contributed by atoms with E-state index >= 15 is 0 Å². The van der Waals surface area contributed by atoms with Crippen molar-refractivity contribution in [1.82, 2.24) is 20.4 Å². The number of anilines is 1. The van der Waals surface area contributed by atoms with Gasteiger partial charge in [0, 0.05) is 37.4 Å². The van der Waals surface area contributed by atoms with Gasteiger partial charge in [-0.2, -0.15) is 18.2 Å². The Labute approximate surface area is 171 Å². The van der Waals surface area contributed by atoms with E-state index in [4.69, 9.17) is 4.52 Å². The lowest BCUT2D eigenvalue weighted by atomic mass is 9.72. The molecular weight excluding hydrogens is 403 g/mol. The van der Waals surface area contributed by atoms with Gasteiger partial charge in [-0.3, -0.25) is 9.59 Å². The largest absolute Gasteiger partial charge is 0.405 e. The van der Waals surface area contributed by atoms with E-state index in [2.05, 4.69) is 10.1 Å². The van der Waals surface area contributed by atoms with E-state index < -0.39 is 24.7 Å². The number of aromatic nitrogens is 2. The van der Waals surface area contributed by atoms with Gasteiger partial charge in [0.1, 0.15) is 12.6 Å². The molecule has 1 saturated carbocycles. The first kappa shape index (κ1) is 19.6. The highest BCUT2D eigenvalue weighted by Gasteiger charge is 2.52. The number of nitrogens with zero attached hydrogens (tertiary/aromatic N) is 4. The van der Waals surface area contributed by atoms with Crippen LogP contribution < -0.4 is 10.2 Å². The van der Waals surface area contributed by atoms with E-state index in [1.807, 2.05) is 10.2 Å². The fourth-order valence-corrected chi connectivity index (χ4v) is 5.30. The Morgan fingerprint density at radius 2 is 1.97 bits per heavy atom. The number of carbonyl (C=O) groups excluding carboxylic acids is 2. The number of hydrogen-bond donors (Lipinski definition) is 1. The molecule has 4 aliphatic rings. The van der Waals surface area contributed by atoms with Gasteiger partial charge >= 0.3 is 6.18 Å². The molecule has 1 aromatic heterocycles. The van der Waals surface area contributed by atoms with E-state index in [0.717, 1.165) is 25.7 Å². The van der Waals surface area contributed by atoms with Crippen LogP contribution in [0.2, 0.25) is 0 Å². The zero-order valence-corrected chi connectivity index (χ0v) is 16.4. The summed E-state index contributed by atoms with van der Waals surface area (Å²) in [5, 5.41) is 6.10. The predicted octanol–water partition coefficient (Wildman–Crippen LogP) is 1.83. The van der Waals surface area contributed by atoms with E-state index in [0.29, 0.717) is 43.7 Å². The minimum atomic E-state index is -4.50. The third-order valence-corrected chi connectivity index (χ3v) is 6.71. The SMILES string of the molecule is O=C(NCC(F)(F)F)[C@H]1[C@@H]2C[C@@H](CN(c3noc(C4CC4)n3)C2)[C@@H]2CCCC(=O)N21. The van der Waals surface area contributed by atoms with Crippen molar-refractivity contribution < 1.29 is 27.3 Å². The van der Waals surface area contributed by atoms with Crippen molar-refractivity contribution in [2.45, 2.75) is 62.7 Å². The van der Waals surface area contributed by atoms with E-state index in [9.17, 15) is 22.8 Å². The average molecular weight is 427 g/mol. The molecule has 0 spiro atoms.